The molecule has 1 N–H and O–H groups in total. The van der Waals surface area contributed by atoms with Crippen LogP contribution in [0.3, 0.4) is 0 Å². The van der Waals surface area contributed by atoms with Gasteiger partial charge in [0.05, 0.1) is 5.56 Å². The lowest BCUT2D eigenvalue weighted by Crippen LogP contribution is -1.84. The molecule has 3 rings (SSSR count). The van der Waals surface area contributed by atoms with E-state index in [1.54, 1.807) is 6.07 Å². The fourth-order valence-electron chi connectivity index (χ4n) is 2.02. The van der Waals surface area contributed by atoms with E-state index in [-0.39, 0.29) is 5.75 Å². The third-order valence-electron chi connectivity index (χ3n) is 3.24. The maximum absolute atomic E-state index is 9.91. The minimum absolute atomic E-state index is 0.131. The van der Waals surface area contributed by atoms with Gasteiger partial charge in [0.1, 0.15) is 5.75 Å². The third kappa shape index (κ3) is 2.92. The van der Waals surface area contributed by atoms with Crippen molar-refractivity contribution < 1.29 is 9.63 Å². The molecule has 4 nitrogen and oxygen atoms in total. The Kier molecular flexibility index (Phi) is 3.92. The molecule has 106 valence electrons. The van der Waals surface area contributed by atoms with E-state index in [2.05, 4.69) is 39.7 Å². The fraction of sp³-hybridized carbons (Fsp3) is 0.125. The van der Waals surface area contributed by atoms with Gasteiger partial charge in [-0.3, -0.25) is 0 Å². The molecular formula is C16H13IN2O2. The smallest absolute Gasteiger partial charge is 0.262 e. The summed E-state index contributed by atoms with van der Waals surface area (Å²) in [4.78, 5) is 4.37. The molecule has 0 fully saturated rings. The number of aromatic nitrogens is 2. The van der Waals surface area contributed by atoms with E-state index < -0.39 is 0 Å². The van der Waals surface area contributed by atoms with Crippen LogP contribution in [0.1, 0.15) is 12.5 Å². The van der Waals surface area contributed by atoms with Crippen LogP contribution < -0.4 is 0 Å². The lowest BCUT2D eigenvalue weighted by Gasteiger charge is -1.99. The van der Waals surface area contributed by atoms with Crippen LogP contribution in [0.25, 0.3) is 22.8 Å². The molecular weight excluding hydrogens is 379 g/mol. The monoisotopic (exact) mass is 392 g/mol. The molecule has 3 aromatic rings. The van der Waals surface area contributed by atoms with Gasteiger partial charge >= 0.3 is 0 Å². The van der Waals surface area contributed by atoms with Crippen LogP contribution in [-0.4, -0.2) is 15.2 Å². The summed E-state index contributed by atoms with van der Waals surface area (Å²) in [5.41, 5.74) is 2.70. The van der Waals surface area contributed by atoms with Gasteiger partial charge in [0.15, 0.2) is 0 Å². The number of phenolic OH excluding ortho intramolecular Hbond substituents is 1. The second-order valence-corrected chi connectivity index (χ2v) is 5.88. The number of aromatic hydroxyl groups is 1. The molecule has 0 aliphatic carbocycles. The molecule has 0 aliphatic rings. The van der Waals surface area contributed by atoms with Crippen molar-refractivity contribution in [3.8, 4) is 28.6 Å². The van der Waals surface area contributed by atoms with E-state index in [1.807, 2.05) is 36.4 Å². The predicted molar refractivity (Wildman–Crippen MR) is 88.9 cm³/mol. The molecule has 1 heterocycles. The molecule has 0 unspecified atom stereocenters. The van der Waals surface area contributed by atoms with Crippen LogP contribution in [0.2, 0.25) is 0 Å². The molecule has 1 aromatic heterocycles. The fourth-order valence-corrected chi connectivity index (χ4v) is 2.51. The lowest BCUT2D eigenvalue weighted by molar-refractivity contribution is 0.425. The standard InChI is InChI=1S/C16H13IN2O2/c1-2-10-3-5-11(6-4-10)15-18-16(21-19-15)13-9-12(17)7-8-14(13)20/h3-9,20H,2H2,1H3. The summed E-state index contributed by atoms with van der Waals surface area (Å²) in [5.74, 6) is 0.971. The first-order valence-electron chi connectivity index (χ1n) is 6.59. The van der Waals surface area contributed by atoms with E-state index in [1.165, 1.54) is 5.56 Å². The van der Waals surface area contributed by atoms with E-state index in [4.69, 9.17) is 4.52 Å². The third-order valence-corrected chi connectivity index (χ3v) is 3.91. The quantitative estimate of drug-likeness (QED) is 0.677. The zero-order valence-corrected chi connectivity index (χ0v) is 13.5. The Hall–Kier alpha value is -1.89. The van der Waals surface area contributed by atoms with Gasteiger partial charge in [-0.25, -0.2) is 0 Å². The van der Waals surface area contributed by atoms with Gasteiger partial charge in [0.2, 0.25) is 5.82 Å². The average molecular weight is 392 g/mol. The largest absolute Gasteiger partial charge is 0.507 e. The Morgan fingerprint density at radius 3 is 2.62 bits per heavy atom. The minimum Gasteiger partial charge on any atom is -0.507 e. The topological polar surface area (TPSA) is 59.2 Å². The Morgan fingerprint density at radius 1 is 1.14 bits per heavy atom. The highest BCUT2D eigenvalue weighted by Gasteiger charge is 2.14. The summed E-state index contributed by atoms with van der Waals surface area (Å²) in [5, 5.41) is 13.9. The van der Waals surface area contributed by atoms with Crippen molar-refractivity contribution in [1.29, 1.82) is 0 Å². The van der Waals surface area contributed by atoms with Crippen molar-refractivity contribution >= 4 is 22.6 Å². The molecule has 0 atom stereocenters. The van der Waals surface area contributed by atoms with Gasteiger partial charge in [-0.05, 0) is 52.8 Å². The maximum Gasteiger partial charge on any atom is 0.262 e. The molecule has 0 spiro atoms. The summed E-state index contributed by atoms with van der Waals surface area (Å²) in [6, 6.07) is 13.3. The molecule has 0 saturated heterocycles. The van der Waals surface area contributed by atoms with Gasteiger partial charge in [-0.1, -0.05) is 36.3 Å². The highest BCUT2D eigenvalue weighted by molar-refractivity contribution is 14.1. The van der Waals surface area contributed by atoms with Crippen LogP contribution >= 0.6 is 22.6 Å². The molecule has 21 heavy (non-hydrogen) atoms. The minimum atomic E-state index is 0.131. The first-order chi connectivity index (χ1) is 10.2. The van der Waals surface area contributed by atoms with E-state index in [0.717, 1.165) is 15.6 Å². The van der Waals surface area contributed by atoms with Gasteiger partial charge in [-0.15, -0.1) is 0 Å². The molecule has 5 heteroatoms. The number of benzene rings is 2. The summed E-state index contributed by atoms with van der Waals surface area (Å²) in [6.45, 7) is 2.11. The lowest BCUT2D eigenvalue weighted by atomic mass is 10.1. The molecule has 0 amide bonds. The first kappa shape index (κ1) is 14.1. The first-order valence-corrected chi connectivity index (χ1v) is 7.67. The Bertz CT molecular complexity index is 766. The van der Waals surface area contributed by atoms with Crippen LogP contribution in [0.15, 0.2) is 47.0 Å². The van der Waals surface area contributed by atoms with Crippen molar-refractivity contribution in [2.45, 2.75) is 13.3 Å². The molecule has 0 bridgehead atoms. The van der Waals surface area contributed by atoms with E-state index in [9.17, 15) is 5.11 Å². The van der Waals surface area contributed by atoms with Crippen molar-refractivity contribution in [3.63, 3.8) is 0 Å². The molecule has 0 aliphatic heterocycles. The number of nitrogens with zero attached hydrogens (tertiary/aromatic N) is 2. The van der Waals surface area contributed by atoms with Crippen LogP contribution in [0, 0.1) is 3.57 Å². The number of rotatable bonds is 3. The Labute approximate surface area is 136 Å². The zero-order valence-electron chi connectivity index (χ0n) is 11.4. The SMILES string of the molecule is CCc1ccc(-c2noc(-c3cc(I)ccc3O)n2)cc1. The number of hydrogen-bond donors (Lipinski definition) is 1. The van der Waals surface area contributed by atoms with Crippen molar-refractivity contribution in [1.82, 2.24) is 10.1 Å². The number of hydrogen-bond acceptors (Lipinski definition) is 4. The van der Waals surface area contributed by atoms with Crippen LogP contribution in [0.4, 0.5) is 0 Å². The maximum atomic E-state index is 9.91. The molecule has 0 radical (unpaired) electrons. The molecule has 0 saturated carbocycles. The van der Waals surface area contributed by atoms with Crippen molar-refractivity contribution in [3.05, 3.63) is 51.6 Å². The number of aryl methyl sites for hydroxylation is 1. The predicted octanol–water partition coefficient (Wildman–Crippen LogP) is 4.28. The Balaban J connectivity index is 1.97. The second kappa shape index (κ2) is 5.85. The summed E-state index contributed by atoms with van der Waals surface area (Å²) < 4.78 is 6.27. The van der Waals surface area contributed by atoms with Gasteiger partial charge < -0.3 is 9.63 Å². The summed E-state index contributed by atoms with van der Waals surface area (Å²) in [6.07, 6.45) is 0.994. The summed E-state index contributed by atoms with van der Waals surface area (Å²) >= 11 is 2.17. The highest BCUT2D eigenvalue weighted by atomic mass is 127. The normalized spacial score (nSPS) is 10.8. The van der Waals surface area contributed by atoms with Crippen molar-refractivity contribution in [2.24, 2.45) is 0 Å². The molecule has 2 aromatic carbocycles. The van der Waals surface area contributed by atoms with E-state index >= 15 is 0 Å². The van der Waals surface area contributed by atoms with Crippen LogP contribution in [0.5, 0.6) is 5.75 Å². The van der Waals surface area contributed by atoms with E-state index in [0.29, 0.717) is 17.3 Å². The summed E-state index contributed by atoms with van der Waals surface area (Å²) in [7, 11) is 0. The zero-order chi connectivity index (χ0) is 14.8. The number of phenols is 1. The Morgan fingerprint density at radius 2 is 1.90 bits per heavy atom. The second-order valence-electron chi connectivity index (χ2n) is 4.64. The number of halogens is 1. The van der Waals surface area contributed by atoms with Gasteiger partial charge in [0, 0.05) is 9.13 Å². The van der Waals surface area contributed by atoms with Gasteiger partial charge in [0.25, 0.3) is 5.89 Å². The average Bonchev–Trinajstić information content (AvgIpc) is 2.99. The van der Waals surface area contributed by atoms with Crippen LogP contribution in [-0.2, 0) is 6.42 Å². The highest BCUT2D eigenvalue weighted by Crippen LogP contribution is 2.30. The van der Waals surface area contributed by atoms with Crippen molar-refractivity contribution in [2.75, 3.05) is 0 Å². The van der Waals surface area contributed by atoms with Gasteiger partial charge in [-0.2, -0.15) is 4.98 Å².